The summed E-state index contributed by atoms with van der Waals surface area (Å²) >= 11 is 0. The number of rotatable bonds is 6. The summed E-state index contributed by atoms with van der Waals surface area (Å²) in [5.74, 6) is 0. The third kappa shape index (κ3) is 4.10. The van der Waals surface area contributed by atoms with Crippen LogP contribution in [0.25, 0.3) is 22.3 Å². The molecule has 0 fully saturated rings. The minimum Gasteiger partial charge on any atom is -0.380 e. The molecule has 0 amide bonds. The van der Waals surface area contributed by atoms with Gasteiger partial charge >= 0.3 is 0 Å². The maximum Gasteiger partial charge on any atom is 0.200 e. The number of fused-ring (bicyclic) bond motifs is 2. The highest BCUT2D eigenvalue weighted by atomic mass is 16.1. The molecule has 7 heteroatoms. The lowest BCUT2D eigenvalue weighted by Crippen LogP contribution is -2.20. The number of hydrogen-bond acceptors (Lipinski definition) is 5. The van der Waals surface area contributed by atoms with E-state index in [-0.39, 0.29) is 5.43 Å². The molecule has 3 aromatic heterocycles. The van der Waals surface area contributed by atoms with Gasteiger partial charge in [0.25, 0.3) is 0 Å². The summed E-state index contributed by atoms with van der Waals surface area (Å²) in [6.07, 6.45) is 7.44. The highest BCUT2D eigenvalue weighted by molar-refractivity contribution is 5.83. The molecule has 0 saturated carbocycles. The van der Waals surface area contributed by atoms with E-state index in [0.29, 0.717) is 41.4 Å². The molecular weight excluding hydrogens is 436 g/mol. The van der Waals surface area contributed by atoms with Gasteiger partial charge in [-0.1, -0.05) is 59.8 Å². The second-order valence-corrected chi connectivity index (χ2v) is 9.06. The van der Waals surface area contributed by atoms with Gasteiger partial charge in [-0.15, -0.1) is 5.10 Å². The molecule has 1 aliphatic rings. The van der Waals surface area contributed by atoms with Crippen LogP contribution in [-0.2, 0) is 25.9 Å². The van der Waals surface area contributed by atoms with Crippen LogP contribution < -0.4 is 10.7 Å². The fourth-order valence-electron chi connectivity index (χ4n) is 4.94. The van der Waals surface area contributed by atoms with Gasteiger partial charge in [0.15, 0.2) is 0 Å². The van der Waals surface area contributed by atoms with Crippen molar-refractivity contribution in [1.29, 1.82) is 0 Å². The van der Waals surface area contributed by atoms with E-state index in [9.17, 15) is 4.79 Å². The summed E-state index contributed by atoms with van der Waals surface area (Å²) in [5, 5.41) is 12.8. The lowest BCUT2D eigenvalue weighted by molar-refractivity contribution is 0.650. The number of hydrogen-bond donors (Lipinski definition) is 1. The number of nitrogens with zero attached hydrogens (tertiary/aromatic N) is 5. The second-order valence-electron chi connectivity index (χ2n) is 9.06. The first kappa shape index (κ1) is 21.3. The van der Waals surface area contributed by atoms with Gasteiger partial charge in [0.2, 0.25) is 5.43 Å². The number of anilines is 1. The number of aryl methyl sites for hydroxylation is 1. The highest BCUT2D eigenvalue weighted by Crippen LogP contribution is 2.26. The first-order valence-electron chi connectivity index (χ1n) is 12.0. The Labute approximate surface area is 203 Å². The van der Waals surface area contributed by atoms with Crippen molar-refractivity contribution in [2.75, 3.05) is 5.32 Å². The van der Waals surface area contributed by atoms with Crippen molar-refractivity contribution in [3.63, 3.8) is 0 Å². The Morgan fingerprint density at radius 1 is 1.00 bits per heavy atom. The Morgan fingerprint density at radius 2 is 1.74 bits per heavy atom. The Balaban J connectivity index is 1.33. The fourth-order valence-corrected chi connectivity index (χ4v) is 4.94. The van der Waals surface area contributed by atoms with Gasteiger partial charge in [0.1, 0.15) is 11.3 Å². The van der Waals surface area contributed by atoms with Crippen LogP contribution >= 0.6 is 0 Å². The Morgan fingerprint density at radius 3 is 2.49 bits per heavy atom. The lowest BCUT2D eigenvalue weighted by atomic mass is 10.1. The molecule has 5 aromatic rings. The molecule has 2 aromatic carbocycles. The zero-order chi connectivity index (χ0) is 23.8. The summed E-state index contributed by atoms with van der Waals surface area (Å²) in [4.78, 5) is 18.2. The molecule has 0 radical (unpaired) electrons. The van der Waals surface area contributed by atoms with Crippen LogP contribution in [0.5, 0.6) is 0 Å². The van der Waals surface area contributed by atoms with Gasteiger partial charge in [-0.05, 0) is 42.5 Å². The van der Waals surface area contributed by atoms with Crippen LogP contribution in [0.15, 0.2) is 84.0 Å². The largest absolute Gasteiger partial charge is 0.380 e. The monoisotopic (exact) mass is 462 g/mol. The van der Waals surface area contributed by atoms with E-state index in [0.717, 1.165) is 24.1 Å². The van der Waals surface area contributed by atoms with E-state index < -0.39 is 0 Å². The summed E-state index contributed by atoms with van der Waals surface area (Å²) in [6.45, 7) is 3.34. The summed E-state index contributed by atoms with van der Waals surface area (Å²) in [6, 6.07) is 20.8. The number of aromatic nitrogens is 5. The van der Waals surface area contributed by atoms with E-state index in [1.165, 1.54) is 11.1 Å². The molecule has 0 unspecified atom stereocenters. The van der Waals surface area contributed by atoms with Gasteiger partial charge in [-0.3, -0.25) is 4.79 Å². The maximum atomic E-state index is 13.6. The van der Waals surface area contributed by atoms with Crippen molar-refractivity contribution in [1.82, 2.24) is 24.5 Å². The molecule has 0 saturated heterocycles. The summed E-state index contributed by atoms with van der Waals surface area (Å²) < 4.78 is 3.76. The van der Waals surface area contributed by atoms with Crippen molar-refractivity contribution in [3.05, 3.63) is 106 Å². The molecule has 35 heavy (non-hydrogen) atoms. The van der Waals surface area contributed by atoms with Crippen LogP contribution in [0.2, 0.25) is 0 Å². The number of nitrogens with one attached hydrogen (secondary N) is 1. The van der Waals surface area contributed by atoms with Crippen molar-refractivity contribution in [3.8, 4) is 11.3 Å². The SMILES string of the molecule is CCn1cc(-c2cn(Cc3ccccc3)nn2)c(=O)c2cc(NC3Cc4ccccc4C3)cnc21. The number of pyridine rings is 2. The van der Waals surface area contributed by atoms with Crippen LogP contribution in [-0.4, -0.2) is 30.6 Å². The predicted octanol–water partition coefficient (Wildman–Crippen LogP) is 4.30. The zero-order valence-electron chi connectivity index (χ0n) is 19.6. The third-order valence-electron chi connectivity index (χ3n) is 6.68. The first-order chi connectivity index (χ1) is 17.2. The zero-order valence-corrected chi connectivity index (χ0v) is 19.6. The topological polar surface area (TPSA) is 77.6 Å². The molecule has 0 aliphatic heterocycles. The minimum absolute atomic E-state index is 0.0812. The normalized spacial score (nSPS) is 13.3. The molecule has 0 bridgehead atoms. The quantitative estimate of drug-likeness (QED) is 0.407. The van der Waals surface area contributed by atoms with E-state index >= 15 is 0 Å². The van der Waals surface area contributed by atoms with Gasteiger partial charge in [0.05, 0.1) is 35.6 Å². The Hall–Kier alpha value is -4.26. The third-order valence-corrected chi connectivity index (χ3v) is 6.68. The Kier molecular flexibility index (Phi) is 5.37. The highest BCUT2D eigenvalue weighted by Gasteiger charge is 2.21. The van der Waals surface area contributed by atoms with E-state index in [2.05, 4.69) is 44.9 Å². The summed E-state index contributed by atoms with van der Waals surface area (Å²) in [5.41, 5.74) is 6.45. The van der Waals surface area contributed by atoms with E-state index in [4.69, 9.17) is 0 Å². The van der Waals surface area contributed by atoms with Crippen LogP contribution in [0.3, 0.4) is 0 Å². The average Bonchev–Trinajstić information content (AvgIpc) is 3.51. The van der Waals surface area contributed by atoms with Gasteiger partial charge in [-0.25, -0.2) is 9.67 Å². The smallest absolute Gasteiger partial charge is 0.200 e. The number of benzene rings is 2. The van der Waals surface area contributed by atoms with Crippen molar-refractivity contribution in [2.45, 2.75) is 38.9 Å². The first-order valence-corrected chi connectivity index (χ1v) is 12.0. The van der Waals surface area contributed by atoms with Crippen molar-refractivity contribution in [2.24, 2.45) is 0 Å². The molecule has 1 aliphatic carbocycles. The molecule has 1 N–H and O–H groups in total. The molecule has 6 rings (SSSR count). The second kappa shape index (κ2) is 8.83. The van der Waals surface area contributed by atoms with E-state index in [1.807, 2.05) is 66.5 Å². The minimum atomic E-state index is -0.0812. The molecule has 0 atom stereocenters. The molecule has 174 valence electrons. The van der Waals surface area contributed by atoms with Gasteiger partial charge < -0.3 is 9.88 Å². The predicted molar refractivity (Wildman–Crippen MR) is 137 cm³/mol. The van der Waals surface area contributed by atoms with Crippen LogP contribution in [0.1, 0.15) is 23.6 Å². The van der Waals surface area contributed by atoms with E-state index in [1.54, 1.807) is 4.68 Å². The molecular formula is C28H26N6O. The average molecular weight is 463 g/mol. The van der Waals surface area contributed by atoms with Crippen molar-refractivity contribution >= 4 is 16.7 Å². The molecule has 0 spiro atoms. The molecule has 3 heterocycles. The Bertz CT molecular complexity index is 1550. The fraction of sp³-hybridized carbons (Fsp3) is 0.214. The molecule has 7 nitrogen and oxygen atoms in total. The standard InChI is InChI=1S/C28H26N6O/c1-2-33-17-25(26-18-34(32-31-26)16-19-8-4-3-5-9-19)27(35)24-14-23(15-29-28(24)33)30-22-12-20-10-6-7-11-21(20)13-22/h3-11,14-15,17-18,22,30H,2,12-13,16H2,1H3. The van der Waals surface area contributed by atoms with Gasteiger partial charge in [-0.2, -0.15) is 0 Å². The maximum absolute atomic E-state index is 13.6. The lowest BCUT2D eigenvalue weighted by Gasteiger charge is -2.15. The summed E-state index contributed by atoms with van der Waals surface area (Å²) in [7, 11) is 0. The van der Waals surface area contributed by atoms with Crippen LogP contribution in [0, 0.1) is 0 Å². The van der Waals surface area contributed by atoms with Crippen molar-refractivity contribution < 1.29 is 0 Å². The van der Waals surface area contributed by atoms with Gasteiger partial charge in [0, 0.05) is 18.8 Å². The van der Waals surface area contributed by atoms with Crippen LogP contribution in [0.4, 0.5) is 5.69 Å².